The van der Waals surface area contributed by atoms with Crippen molar-refractivity contribution in [3.63, 3.8) is 0 Å². The number of amides is 2. The molecule has 0 unspecified atom stereocenters. The van der Waals surface area contributed by atoms with Crippen LogP contribution >= 0.6 is 27.3 Å². The maximum atomic E-state index is 12.2. The van der Waals surface area contributed by atoms with E-state index in [1.165, 1.54) is 0 Å². The summed E-state index contributed by atoms with van der Waals surface area (Å²) < 4.78 is 6.00. The first-order chi connectivity index (χ1) is 12.1. The van der Waals surface area contributed by atoms with Gasteiger partial charge in [-0.1, -0.05) is 0 Å². The molecule has 2 heterocycles. The minimum Gasteiger partial charge on any atom is -0.385 e. The molecule has 1 fully saturated rings. The third-order valence-electron chi connectivity index (χ3n) is 3.88. The summed E-state index contributed by atoms with van der Waals surface area (Å²) in [5.74, 6) is 0.0484. The van der Waals surface area contributed by atoms with E-state index < -0.39 is 0 Å². The molecule has 25 heavy (non-hydrogen) atoms. The zero-order valence-corrected chi connectivity index (χ0v) is 16.8. The molecule has 0 aliphatic carbocycles. The standard InChI is InChI=1S/C17H24BrN3O3S/c1-24-12-2-7-19-16(22)13-20-8-10-21(11-9-20)17(23)6-4-14-3-5-15(18)25-14/h3-6H,2,7-13H2,1H3,(H,19,22)/b6-4+. The Morgan fingerprint density at radius 1 is 1.32 bits per heavy atom. The highest BCUT2D eigenvalue weighted by Gasteiger charge is 2.21. The Morgan fingerprint density at radius 2 is 2.08 bits per heavy atom. The molecule has 0 saturated carbocycles. The predicted octanol–water partition coefficient (Wildman–Crippen LogP) is 1.82. The van der Waals surface area contributed by atoms with Crippen molar-refractivity contribution >= 4 is 45.2 Å². The van der Waals surface area contributed by atoms with Gasteiger partial charge in [-0.05, 0) is 40.6 Å². The molecule has 1 saturated heterocycles. The lowest BCUT2D eigenvalue weighted by Crippen LogP contribution is -2.50. The first-order valence-corrected chi connectivity index (χ1v) is 9.90. The van der Waals surface area contributed by atoms with Crippen LogP contribution in [0.1, 0.15) is 11.3 Å². The van der Waals surface area contributed by atoms with Crippen LogP contribution in [-0.2, 0) is 14.3 Å². The number of piperazine rings is 1. The van der Waals surface area contributed by atoms with E-state index in [-0.39, 0.29) is 11.8 Å². The maximum absolute atomic E-state index is 12.2. The second kappa shape index (κ2) is 10.7. The second-order valence-corrected chi connectivity index (χ2v) is 8.27. The van der Waals surface area contributed by atoms with Gasteiger partial charge in [0.25, 0.3) is 0 Å². The number of carbonyl (C=O) groups is 2. The fraction of sp³-hybridized carbons (Fsp3) is 0.529. The Morgan fingerprint density at radius 3 is 2.72 bits per heavy atom. The van der Waals surface area contributed by atoms with Crippen molar-refractivity contribution in [2.75, 3.05) is 53.0 Å². The van der Waals surface area contributed by atoms with Gasteiger partial charge in [-0.3, -0.25) is 14.5 Å². The van der Waals surface area contributed by atoms with Crippen molar-refractivity contribution in [2.45, 2.75) is 6.42 Å². The number of rotatable bonds is 8. The average Bonchev–Trinajstić information content (AvgIpc) is 3.03. The van der Waals surface area contributed by atoms with Crippen molar-refractivity contribution in [3.8, 4) is 0 Å². The Balaban J connectivity index is 1.67. The molecule has 0 aromatic carbocycles. The number of hydrogen-bond donors (Lipinski definition) is 1. The Bertz CT molecular complexity index is 598. The summed E-state index contributed by atoms with van der Waals surface area (Å²) in [6.45, 7) is 4.40. The Kier molecular flexibility index (Phi) is 8.60. The zero-order valence-electron chi connectivity index (χ0n) is 14.4. The number of carbonyl (C=O) groups excluding carboxylic acids is 2. The van der Waals surface area contributed by atoms with Crippen LogP contribution in [0, 0.1) is 0 Å². The van der Waals surface area contributed by atoms with Crippen LogP contribution in [0.5, 0.6) is 0 Å². The van der Waals surface area contributed by atoms with Crippen molar-refractivity contribution < 1.29 is 14.3 Å². The highest BCUT2D eigenvalue weighted by atomic mass is 79.9. The third kappa shape index (κ3) is 7.27. The van der Waals surface area contributed by atoms with Gasteiger partial charge in [0.1, 0.15) is 0 Å². The first-order valence-electron chi connectivity index (χ1n) is 8.29. The van der Waals surface area contributed by atoms with E-state index in [4.69, 9.17) is 4.74 Å². The van der Waals surface area contributed by atoms with Crippen molar-refractivity contribution in [1.29, 1.82) is 0 Å². The van der Waals surface area contributed by atoms with Gasteiger partial charge >= 0.3 is 0 Å². The summed E-state index contributed by atoms with van der Waals surface area (Å²) in [6, 6.07) is 3.94. The number of methoxy groups -OCH3 is 1. The summed E-state index contributed by atoms with van der Waals surface area (Å²) in [5.41, 5.74) is 0. The zero-order chi connectivity index (χ0) is 18.1. The number of hydrogen-bond acceptors (Lipinski definition) is 5. The molecule has 1 aromatic rings. The van der Waals surface area contributed by atoms with Gasteiger partial charge in [0, 0.05) is 57.4 Å². The van der Waals surface area contributed by atoms with Gasteiger partial charge in [0.05, 0.1) is 10.3 Å². The molecule has 8 heteroatoms. The van der Waals surface area contributed by atoms with Gasteiger partial charge in [-0.15, -0.1) is 11.3 Å². The summed E-state index contributed by atoms with van der Waals surface area (Å²) in [4.78, 5) is 29.0. The topological polar surface area (TPSA) is 61.9 Å². The number of nitrogens with one attached hydrogen (secondary N) is 1. The largest absolute Gasteiger partial charge is 0.385 e. The van der Waals surface area contributed by atoms with Gasteiger partial charge in [-0.2, -0.15) is 0 Å². The van der Waals surface area contributed by atoms with Gasteiger partial charge < -0.3 is 15.0 Å². The van der Waals surface area contributed by atoms with Crippen molar-refractivity contribution in [2.24, 2.45) is 0 Å². The molecular formula is C17H24BrN3O3S. The number of halogens is 1. The predicted molar refractivity (Wildman–Crippen MR) is 104 cm³/mol. The number of ether oxygens (including phenoxy) is 1. The first kappa shape index (κ1) is 20.1. The van der Waals surface area contributed by atoms with Crippen molar-refractivity contribution in [1.82, 2.24) is 15.1 Å². The van der Waals surface area contributed by atoms with Crippen LogP contribution < -0.4 is 5.32 Å². The molecule has 0 radical (unpaired) electrons. The third-order valence-corrected chi connectivity index (χ3v) is 5.47. The van der Waals surface area contributed by atoms with E-state index in [0.29, 0.717) is 32.8 Å². The fourth-order valence-electron chi connectivity index (χ4n) is 2.51. The Labute approximate surface area is 160 Å². The minimum absolute atomic E-state index is 0.0215. The maximum Gasteiger partial charge on any atom is 0.246 e. The second-order valence-electron chi connectivity index (χ2n) is 5.77. The van der Waals surface area contributed by atoms with Crippen molar-refractivity contribution in [3.05, 3.63) is 26.9 Å². The summed E-state index contributed by atoms with van der Waals surface area (Å²) >= 11 is 5.00. The van der Waals surface area contributed by atoms with Crippen LogP contribution in [0.25, 0.3) is 6.08 Å². The highest BCUT2D eigenvalue weighted by molar-refractivity contribution is 9.11. The molecule has 1 aliphatic rings. The van der Waals surface area contributed by atoms with E-state index >= 15 is 0 Å². The van der Waals surface area contributed by atoms with Crippen LogP contribution in [0.2, 0.25) is 0 Å². The molecule has 2 rings (SSSR count). The normalized spacial score (nSPS) is 15.7. The molecule has 2 amide bonds. The molecule has 0 atom stereocenters. The fourth-order valence-corrected chi connectivity index (χ4v) is 3.83. The molecule has 1 N–H and O–H groups in total. The molecule has 1 aliphatic heterocycles. The molecule has 0 spiro atoms. The molecule has 0 bridgehead atoms. The van der Waals surface area contributed by atoms with E-state index in [0.717, 1.165) is 28.2 Å². The van der Waals surface area contributed by atoms with Gasteiger partial charge in [-0.25, -0.2) is 0 Å². The van der Waals surface area contributed by atoms with E-state index in [1.54, 1.807) is 24.5 Å². The lowest BCUT2D eigenvalue weighted by Gasteiger charge is -2.33. The summed E-state index contributed by atoms with van der Waals surface area (Å²) in [6.07, 6.45) is 4.28. The van der Waals surface area contributed by atoms with E-state index in [1.807, 2.05) is 23.1 Å². The lowest BCUT2D eigenvalue weighted by atomic mass is 10.3. The van der Waals surface area contributed by atoms with Gasteiger partial charge in [0.2, 0.25) is 11.8 Å². The Hall–Kier alpha value is -1.22. The average molecular weight is 430 g/mol. The molecule has 1 aromatic heterocycles. The molecule has 6 nitrogen and oxygen atoms in total. The molecular weight excluding hydrogens is 406 g/mol. The van der Waals surface area contributed by atoms with Gasteiger partial charge in [0.15, 0.2) is 0 Å². The number of nitrogens with zero attached hydrogens (tertiary/aromatic N) is 2. The van der Waals surface area contributed by atoms with Crippen LogP contribution in [0.3, 0.4) is 0 Å². The quantitative estimate of drug-likeness (QED) is 0.505. The van der Waals surface area contributed by atoms with Crippen LogP contribution in [0.4, 0.5) is 0 Å². The van der Waals surface area contributed by atoms with E-state index in [9.17, 15) is 9.59 Å². The smallest absolute Gasteiger partial charge is 0.246 e. The number of thiophene rings is 1. The SMILES string of the molecule is COCCCNC(=O)CN1CCN(C(=O)/C=C/c2ccc(Br)s2)CC1. The summed E-state index contributed by atoms with van der Waals surface area (Å²) in [7, 11) is 1.65. The summed E-state index contributed by atoms with van der Waals surface area (Å²) in [5, 5.41) is 2.88. The highest BCUT2D eigenvalue weighted by Crippen LogP contribution is 2.23. The lowest BCUT2D eigenvalue weighted by molar-refractivity contribution is -0.128. The van der Waals surface area contributed by atoms with Crippen LogP contribution in [0.15, 0.2) is 22.0 Å². The van der Waals surface area contributed by atoms with Crippen LogP contribution in [-0.4, -0.2) is 74.6 Å². The monoisotopic (exact) mass is 429 g/mol. The molecule has 138 valence electrons. The van der Waals surface area contributed by atoms with E-state index in [2.05, 4.69) is 26.1 Å². The minimum atomic E-state index is 0.0215.